The molecule has 1 amide bonds. The highest BCUT2D eigenvalue weighted by Crippen LogP contribution is 1.96. The predicted molar refractivity (Wildman–Crippen MR) is 41.9 cm³/mol. The van der Waals surface area contributed by atoms with Crippen molar-refractivity contribution in [1.82, 2.24) is 5.32 Å². The van der Waals surface area contributed by atoms with Gasteiger partial charge in [-0.3, -0.25) is 0 Å². The van der Waals surface area contributed by atoms with Crippen LogP contribution in [0.3, 0.4) is 0 Å². The van der Waals surface area contributed by atoms with Crippen LogP contribution in [0.5, 0.6) is 0 Å². The minimum absolute atomic E-state index is 0.407. The summed E-state index contributed by atoms with van der Waals surface area (Å²) < 4.78 is 4.26. The van der Waals surface area contributed by atoms with Crippen LogP contribution in [-0.2, 0) is 9.53 Å². The Morgan fingerprint density at radius 1 is 1.58 bits per heavy atom. The molecule has 5 heteroatoms. The fourth-order valence-electron chi connectivity index (χ4n) is 0.747. The first kappa shape index (κ1) is 10.7. The highest BCUT2D eigenvalue weighted by atomic mass is 16.5. The maximum Gasteiger partial charge on any atom is 0.407 e. The van der Waals surface area contributed by atoms with Crippen molar-refractivity contribution in [3.8, 4) is 0 Å². The molecule has 1 atom stereocenters. The van der Waals surface area contributed by atoms with Gasteiger partial charge in [-0.05, 0) is 6.42 Å². The number of carbonyl (C=O) groups excluding carboxylic acids is 1. The van der Waals surface area contributed by atoms with E-state index in [9.17, 15) is 9.59 Å². The number of methoxy groups -OCH3 is 1. The van der Waals surface area contributed by atoms with Gasteiger partial charge in [0.05, 0.1) is 7.11 Å². The van der Waals surface area contributed by atoms with Crippen LogP contribution in [-0.4, -0.2) is 30.3 Å². The third-order valence-corrected chi connectivity index (χ3v) is 1.35. The molecule has 2 N–H and O–H groups in total. The van der Waals surface area contributed by atoms with E-state index in [1.807, 2.05) is 6.92 Å². The Kier molecular flexibility index (Phi) is 4.83. The van der Waals surface area contributed by atoms with Gasteiger partial charge >= 0.3 is 12.1 Å². The molecule has 0 aliphatic heterocycles. The third-order valence-electron chi connectivity index (χ3n) is 1.35. The second-order valence-corrected chi connectivity index (χ2v) is 2.32. The second kappa shape index (κ2) is 5.40. The first-order chi connectivity index (χ1) is 5.61. The zero-order valence-corrected chi connectivity index (χ0v) is 7.16. The number of carbonyl (C=O) groups is 2. The minimum Gasteiger partial charge on any atom is -0.480 e. The first-order valence-electron chi connectivity index (χ1n) is 3.69. The molecule has 0 aromatic carbocycles. The normalized spacial score (nSPS) is 11.8. The molecular weight excluding hydrogens is 162 g/mol. The summed E-state index contributed by atoms with van der Waals surface area (Å²) in [6.45, 7) is 1.84. The van der Waals surface area contributed by atoms with Gasteiger partial charge in [-0.25, -0.2) is 9.59 Å². The van der Waals surface area contributed by atoms with Crippen LogP contribution in [0.25, 0.3) is 0 Å². The molecule has 0 aromatic heterocycles. The van der Waals surface area contributed by atoms with Gasteiger partial charge in [0.15, 0.2) is 0 Å². The van der Waals surface area contributed by atoms with Crippen molar-refractivity contribution in [2.75, 3.05) is 7.11 Å². The monoisotopic (exact) mass is 175 g/mol. The molecule has 5 nitrogen and oxygen atoms in total. The van der Waals surface area contributed by atoms with Crippen LogP contribution < -0.4 is 5.32 Å². The van der Waals surface area contributed by atoms with E-state index in [4.69, 9.17) is 5.11 Å². The average Bonchev–Trinajstić information content (AvgIpc) is 2.03. The SMILES string of the molecule is CCC[C@@H](NC(=O)OC)C(=O)O. The van der Waals surface area contributed by atoms with Crippen LogP contribution in [0.2, 0.25) is 0 Å². The maximum atomic E-state index is 10.6. The molecular formula is C7H13NO4. The number of carboxylic acid groups (broad SMARTS) is 1. The van der Waals surface area contributed by atoms with Crippen molar-refractivity contribution in [3.63, 3.8) is 0 Å². The maximum absolute atomic E-state index is 10.6. The molecule has 0 saturated heterocycles. The molecule has 12 heavy (non-hydrogen) atoms. The van der Waals surface area contributed by atoms with Crippen molar-refractivity contribution >= 4 is 12.1 Å². The van der Waals surface area contributed by atoms with E-state index >= 15 is 0 Å². The Labute approximate surface area is 70.7 Å². The van der Waals surface area contributed by atoms with Gasteiger partial charge in [0.1, 0.15) is 6.04 Å². The summed E-state index contributed by atoms with van der Waals surface area (Å²) in [5.41, 5.74) is 0. The lowest BCUT2D eigenvalue weighted by Crippen LogP contribution is -2.40. The Morgan fingerprint density at radius 3 is 2.50 bits per heavy atom. The van der Waals surface area contributed by atoms with E-state index in [0.717, 1.165) is 0 Å². The van der Waals surface area contributed by atoms with Gasteiger partial charge in [-0.15, -0.1) is 0 Å². The number of nitrogens with one attached hydrogen (secondary N) is 1. The largest absolute Gasteiger partial charge is 0.480 e. The van der Waals surface area contributed by atoms with Gasteiger partial charge in [0.25, 0.3) is 0 Å². The molecule has 0 aliphatic rings. The lowest BCUT2D eigenvalue weighted by atomic mass is 10.2. The number of carboxylic acids is 1. The number of amides is 1. The van der Waals surface area contributed by atoms with Crippen molar-refractivity contribution in [3.05, 3.63) is 0 Å². The highest BCUT2D eigenvalue weighted by molar-refractivity contribution is 5.79. The van der Waals surface area contributed by atoms with Crippen molar-refractivity contribution < 1.29 is 19.4 Å². The van der Waals surface area contributed by atoms with Gasteiger partial charge in [-0.1, -0.05) is 13.3 Å². The summed E-state index contributed by atoms with van der Waals surface area (Å²) in [7, 11) is 1.19. The van der Waals surface area contributed by atoms with Gasteiger partial charge in [-0.2, -0.15) is 0 Å². The molecule has 70 valence electrons. The summed E-state index contributed by atoms with van der Waals surface area (Å²) in [5, 5.41) is 10.8. The Morgan fingerprint density at radius 2 is 2.17 bits per heavy atom. The molecule has 0 radical (unpaired) electrons. The molecule has 0 unspecified atom stereocenters. The molecule has 0 rings (SSSR count). The third kappa shape index (κ3) is 3.80. The fraction of sp³-hybridized carbons (Fsp3) is 0.714. The Hall–Kier alpha value is -1.26. The second-order valence-electron chi connectivity index (χ2n) is 2.32. The van der Waals surface area contributed by atoms with Crippen molar-refractivity contribution in [2.45, 2.75) is 25.8 Å². The quantitative estimate of drug-likeness (QED) is 0.655. The van der Waals surface area contributed by atoms with Crippen LogP contribution in [0.4, 0.5) is 4.79 Å². The van der Waals surface area contributed by atoms with Crippen LogP contribution in [0.15, 0.2) is 0 Å². The van der Waals surface area contributed by atoms with Gasteiger partial charge in [0, 0.05) is 0 Å². The Bertz CT molecular complexity index is 167. The number of ether oxygens (including phenoxy) is 1. The standard InChI is InChI=1S/C7H13NO4/c1-3-4-5(6(9)10)8-7(11)12-2/h5H,3-4H2,1-2H3,(H,8,11)(H,9,10)/t5-/m1/s1. The van der Waals surface area contributed by atoms with E-state index in [1.54, 1.807) is 0 Å². The minimum atomic E-state index is -1.04. The van der Waals surface area contributed by atoms with E-state index in [-0.39, 0.29) is 0 Å². The summed E-state index contributed by atoms with van der Waals surface area (Å²) in [6, 6.07) is -0.845. The number of alkyl carbamates (subject to hydrolysis) is 1. The van der Waals surface area contributed by atoms with Gasteiger partial charge < -0.3 is 15.2 Å². The lowest BCUT2D eigenvalue weighted by molar-refractivity contribution is -0.139. The zero-order chi connectivity index (χ0) is 9.56. The van der Waals surface area contributed by atoms with Gasteiger partial charge in [0.2, 0.25) is 0 Å². The molecule has 0 fully saturated rings. The molecule has 0 aliphatic carbocycles. The topological polar surface area (TPSA) is 75.6 Å². The Balaban J connectivity index is 3.95. The van der Waals surface area contributed by atoms with Crippen LogP contribution >= 0.6 is 0 Å². The summed E-state index contributed by atoms with van der Waals surface area (Å²) in [4.78, 5) is 21.1. The molecule has 0 saturated carbocycles. The highest BCUT2D eigenvalue weighted by Gasteiger charge is 2.18. The van der Waals surface area contributed by atoms with Crippen LogP contribution in [0.1, 0.15) is 19.8 Å². The average molecular weight is 175 g/mol. The summed E-state index contributed by atoms with van der Waals surface area (Å²) >= 11 is 0. The summed E-state index contributed by atoms with van der Waals surface area (Å²) in [6.07, 6.45) is 0.390. The zero-order valence-electron chi connectivity index (χ0n) is 7.16. The predicted octanol–water partition coefficient (Wildman–Crippen LogP) is 0.596. The molecule has 0 heterocycles. The number of hydrogen-bond donors (Lipinski definition) is 2. The van der Waals surface area contributed by atoms with E-state index < -0.39 is 18.1 Å². The number of aliphatic carboxylic acids is 1. The molecule has 0 aromatic rings. The first-order valence-corrected chi connectivity index (χ1v) is 3.69. The van der Waals surface area contributed by atoms with Crippen molar-refractivity contribution in [1.29, 1.82) is 0 Å². The smallest absolute Gasteiger partial charge is 0.407 e. The number of rotatable bonds is 4. The van der Waals surface area contributed by atoms with E-state index in [2.05, 4.69) is 10.1 Å². The summed E-state index contributed by atoms with van der Waals surface area (Å²) in [5.74, 6) is -1.04. The fourth-order valence-corrected chi connectivity index (χ4v) is 0.747. The number of hydrogen-bond acceptors (Lipinski definition) is 3. The lowest BCUT2D eigenvalue weighted by Gasteiger charge is -2.11. The van der Waals surface area contributed by atoms with E-state index in [1.165, 1.54) is 7.11 Å². The van der Waals surface area contributed by atoms with Crippen LogP contribution in [0, 0.1) is 0 Å². The molecule has 0 spiro atoms. The van der Waals surface area contributed by atoms with Crippen molar-refractivity contribution in [2.24, 2.45) is 0 Å². The van der Waals surface area contributed by atoms with E-state index in [0.29, 0.717) is 12.8 Å². The molecule has 0 bridgehead atoms.